The first-order valence-electron chi connectivity index (χ1n) is 17.7. The van der Waals surface area contributed by atoms with E-state index in [4.69, 9.17) is 0 Å². The van der Waals surface area contributed by atoms with Gasteiger partial charge in [0.05, 0.1) is 0 Å². The van der Waals surface area contributed by atoms with Gasteiger partial charge in [-0.1, -0.05) is 182 Å². The van der Waals surface area contributed by atoms with Crippen LogP contribution in [-0.2, 0) is 0 Å². The summed E-state index contributed by atoms with van der Waals surface area (Å²) < 4.78 is 0. The third-order valence-corrected chi connectivity index (χ3v) is 11.2. The molecule has 0 N–H and O–H groups in total. The average molecular weight is 697 g/mol. The number of carbonyl (C=O) groups is 2. The lowest BCUT2D eigenvalue weighted by atomic mass is 9.81. The molecule has 0 saturated heterocycles. The molecular formula is C50H32O2S. The van der Waals surface area contributed by atoms with Gasteiger partial charge in [0.1, 0.15) is 0 Å². The minimum atomic E-state index is -0.189. The minimum Gasteiger partial charge on any atom is -0.289 e. The van der Waals surface area contributed by atoms with Crippen molar-refractivity contribution in [2.45, 2.75) is 0 Å². The van der Waals surface area contributed by atoms with Gasteiger partial charge < -0.3 is 0 Å². The van der Waals surface area contributed by atoms with Crippen molar-refractivity contribution in [1.29, 1.82) is 0 Å². The molecule has 0 aliphatic rings. The molecule has 53 heavy (non-hydrogen) atoms. The van der Waals surface area contributed by atoms with Crippen LogP contribution < -0.4 is 0 Å². The van der Waals surface area contributed by atoms with Gasteiger partial charge in [-0.2, -0.15) is 0 Å². The molecule has 1 aromatic heterocycles. The highest BCUT2D eigenvalue weighted by atomic mass is 32.1. The van der Waals surface area contributed by atoms with Gasteiger partial charge in [-0.05, 0) is 56.3 Å². The molecule has 0 spiro atoms. The van der Waals surface area contributed by atoms with Crippen LogP contribution in [0.15, 0.2) is 194 Å². The first kappa shape index (κ1) is 32.2. The Morgan fingerprint density at radius 2 is 0.623 bits per heavy atom. The van der Waals surface area contributed by atoms with Crippen LogP contribution in [0.2, 0.25) is 0 Å². The summed E-state index contributed by atoms with van der Waals surface area (Å²) in [6.07, 6.45) is 0. The second-order valence-electron chi connectivity index (χ2n) is 13.1. The number of ketones is 2. The van der Waals surface area contributed by atoms with Gasteiger partial charge in [-0.3, -0.25) is 9.59 Å². The summed E-state index contributed by atoms with van der Waals surface area (Å²) in [5.74, 6) is -0.378. The van der Waals surface area contributed by atoms with Crippen LogP contribution in [-0.4, -0.2) is 11.6 Å². The second kappa shape index (κ2) is 13.8. The highest BCUT2D eigenvalue weighted by Crippen LogP contribution is 2.54. The molecule has 0 saturated carbocycles. The lowest BCUT2D eigenvalue weighted by Gasteiger charge is -2.20. The van der Waals surface area contributed by atoms with Crippen molar-refractivity contribution >= 4 is 44.4 Å². The van der Waals surface area contributed by atoms with E-state index in [-0.39, 0.29) is 11.6 Å². The van der Waals surface area contributed by atoms with E-state index in [1.54, 1.807) is 11.3 Å². The Morgan fingerprint density at radius 3 is 0.943 bits per heavy atom. The van der Waals surface area contributed by atoms with E-state index in [1.165, 1.54) is 0 Å². The molecule has 0 fully saturated rings. The van der Waals surface area contributed by atoms with Crippen LogP contribution in [0.5, 0.6) is 0 Å². The molecule has 0 bridgehead atoms. The summed E-state index contributed by atoms with van der Waals surface area (Å²) >= 11 is 1.79. The third kappa shape index (κ3) is 5.78. The van der Waals surface area contributed by atoms with Gasteiger partial charge >= 0.3 is 0 Å². The van der Waals surface area contributed by atoms with Crippen LogP contribution in [0, 0.1) is 0 Å². The normalized spacial score (nSPS) is 11.2. The number of fused-ring (bicyclic) bond motifs is 2. The van der Waals surface area contributed by atoms with Crippen molar-refractivity contribution in [2.75, 3.05) is 0 Å². The number of benzene rings is 8. The van der Waals surface area contributed by atoms with Gasteiger partial charge in [0.15, 0.2) is 11.6 Å². The number of carbonyl (C=O) groups excluding carboxylic acids is 2. The highest BCUT2D eigenvalue weighted by molar-refractivity contribution is 7.21. The maximum Gasteiger partial charge on any atom is 0.193 e. The zero-order valence-electron chi connectivity index (χ0n) is 28.7. The van der Waals surface area contributed by atoms with Gasteiger partial charge in [-0.25, -0.2) is 0 Å². The fourth-order valence-electron chi connectivity index (χ4n) is 7.45. The van der Waals surface area contributed by atoms with E-state index in [1.807, 2.05) is 97.1 Å². The van der Waals surface area contributed by atoms with Crippen LogP contribution in [0.3, 0.4) is 0 Å². The Hall–Kier alpha value is -6.68. The second-order valence-corrected chi connectivity index (χ2v) is 14.1. The summed E-state index contributed by atoms with van der Waals surface area (Å²) in [6.45, 7) is 0. The summed E-state index contributed by atoms with van der Waals surface area (Å²) in [4.78, 5) is 31.6. The van der Waals surface area contributed by atoms with E-state index in [9.17, 15) is 9.59 Å². The predicted molar refractivity (Wildman–Crippen MR) is 221 cm³/mol. The molecule has 0 radical (unpaired) electrons. The number of rotatable bonds is 8. The monoisotopic (exact) mass is 696 g/mol. The van der Waals surface area contributed by atoms with Crippen LogP contribution in [0.25, 0.3) is 64.7 Å². The largest absolute Gasteiger partial charge is 0.289 e. The maximum absolute atomic E-state index is 14.6. The fraction of sp³-hybridized carbons (Fsp3) is 0. The van der Waals surface area contributed by atoms with E-state index < -0.39 is 0 Å². The van der Waals surface area contributed by atoms with Crippen LogP contribution in [0.4, 0.5) is 0 Å². The van der Waals surface area contributed by atoms with Crippen LogP contribution in [0.1, 0.15) is 31.8 Å². The third-order valence-electron chi connectivity index (χ3n) is 9.86. The van der Waals surface area contributed by atoms with Crippen molar-refractivity contribution in [3.05, 3.63) is 216 Å². The average Bonchev–Trinajstić information content (AvgIpc) is 3.63. The van der Waals surface area contributed by atoms with Gasteiger partial charge in [0.25, 0.3) is 0 Å². The number of hydrogen-bond donors (Lipinski definition) is 0. The molecular weight excluding hydrogens is 665 g/mol. The Labute approximate surface area is 312 Å². The summed E-state index contributed by atoms with van der Waals surface area (Å²) in [6, 6.07) is 64.5. The SMILES string of the molecule is O=C(c1ccccc1)c1cc2c(-c3ccccc3)c3c(-c4ccccc4)sc(-c4ccccc4)c3c(-c3ccccc3)c2cc1C(=O)c1ccccc1. The fourth-order valence-corrected chi connectivity index (χ4v) is 8.78. The molecule has 0 aliphatic carbocycles. The highest BCUT2D eigenvalue weighted by Gasteiger charge is 2.29. The predicted octanol–water partition coefficient (Wildman–Crippen LogP) is 13.2. The van der Waals surface area contributed by atoms with E-state index in [2.05, 4.69) is 97.1 Å². The smallest absolute Gasteiger partial charge is 0.193 e. The molecule has 8 aromatic carbocycles. The molecule has 9 aromatic rings. The molecule has 1 heterocycles. The maximum atomic E-state index is 14.6. The van der Waals surface area contributed by atoms with Crippen molar-refractivity contribution in [3.63, 3.8) is 0 Å². The standard InChI is InChI=1S/C50H32O2S/c51-47(35-23-11-3-12-24-35)41-31-39-40(32-42(41)48(52)36-25-13-4-14-26-36)44(34-21-9-2-10-22-34)46-45(43(39)33-19-7-1-8-20-33)49(37-27-15-5-16-28-37)53-50(46)38-29-17-6-18-30-38/h1-32H. The first-order chi connectivity index (χ1) is 26.2. The Bertz CT molecular complexity index is 2560. The number of hydrogen-bond acceptors (Lipinski definition) is 3. The zero-order valence-corrected chi connectivity index (χ0v) is 29.5. The molecule has 2 nitrogen and oxygen atoms in total. The lowest BCUT2D eigenvalue weighted by Crippen LogP contribution is -2.12. The van der Waals surface area contributed by atoms with Gasteiger partial charge in [-0.15, -0.1) is 11.3 Å². The molecule has 0 unspecified atom stereocenters. The zero-order chi connectivity index (χ0) is 35.7. The van der Waals surface area contributed by atoms with Crippen molar-refractivity contribution in [2.24, 2.45) is 0 Å². The van der Waals surface area contributed by atoms with Gasteiger partial charge in [0.2, 0.25) is 0 Å². The Kier molecular flexibility index (Phi) is 8.39. The summed E-state index contributed by atoms with van der Waals surface area (Å²) in [5.41, 5.74) is 8.22. The lowest BCUT2D eigenvalue weighted by molar-refractivity contribution is 0.100. The quantitative estimate of drug-likeness (QED) is 0.148. The molecule has 9 rings (SSSR count). The van der Waals surface area contributed by atoms with Crippen LogP contribution >= 0.6 is 11.3 Å². The summed E-state index contributed by atoms with van der Waals surface area (Å²) in [7, 11) is 0. The Morgan fingerprint density at radius 1 is 0.340 bits per heavy atom. The molecule has 0 amide bonds. The van der Waals surface area contributed by atoms with Crippen molar-refractivity contribution < 1.29 is 9.59 Å². The molecule has 0 atom stereocenters. The van der Waals surface area contributed by atoms with Gasteiger partial charge in [0, 0.05) is 42.8 Å². The first-order valence-corrected chi connectivity index (χ1v) is 18.5. The van der Waals surface area contributed by atoms with Crippen molar-refractivity contribution in [3.8, 4) is 43.1 Å². The van der Waals surface area contributed by atoms with E-state index in [0.717, 1.165) is 64.7 Å². The van der Waals surface area contributed by atoms with Crippen molar-refractivity contribution in [1.82, 2.24) is 0 Å². The topological polar surface area (TPSA) is 34.1 Å². The van der Waals surface area contributed by atoms with E-state index >= 15 is 0 Å². The molecule has 0 aliphatic heterocycles. The number of thiophene rings is 1. The minimum absolute atomic E-state index is 0.189. The molecule has 250 valence electrons. The summed E-state index contributed by atoms with van der Waals surface area (Å²) in [5, 5.41) is 4.08. The Balaban J connectivity index is 1.53. The van der Waals surface area contributed by atoms with E-state index in [0.29, 0.717) is 22.3 Å². The molecule has 3 heteroatoms.